The number of hydrogen-bond acceptors (Lipinski definition) is 32. The third-order valence-electron chi connectivity index (χ3n) is 18.8. The molecule has 8 aromatic heterocycles. The van der Waals surface area contributed by atoms with E-state index in [1.165, 1.54) is 53.0 Å². The molecule has 16 N–H and O–H groups in total. The summed E-state index contributed by atoms with van der Waals surface area (Å²) in [6.07, 6.45) is 4.82. The molecule has 8 heterocycles. The number of anilines is 4. The molecule has 684 valence electrons. The molecule has 4 aromatic carbocycles. The molecule has 45 nitrogen and oxygen atoms in total. The molecule has 128 heavy (non-hydrogen) atoms. The first-order valence-corrected chi connectivity index (χ1v) is 46.9. The maximum atomic E-state index is 13.3. The molecule has 0 aliphatic heterocycles. The second-order valence-electron chi connectivity index (χ2n) is 29.3. The number of nitrogens with zero attached hydrogens (tertiary/aromatic N) is 13. The Morgan fingerprint density at radius 2 is 0.609 bits per heavy atom. The summed E-state index contributed by atoms with van der Waals surface area (Å²) >= 11 is 0. The van der Waals surface area contributed by atoms with Crippen molar-refractivity contribution in [3.63, 3.8) is 0 Å². The van der Waals surface area contributed by atoms with Crippen LogP contribution in [0.1, 0.15) is 88.8 Å². The number of nitrogens with two attached hydrogens (primary N) is 4. The summed E-state index contributed by atoms with van der Waals surface area (Å²) < 4.78 is 105. The third kappa shape index (κ3) is 30.1. The zero-order valence-electron chi connectivity index (χ0n) is 71.8. The van der Waals surface area contributed by atoms with Gasteiger partial charge in [-0.3, -0.25) is 76.6 Å². The predicted octanol–water partition coefficient (Wildman–Crippen LogP) is 7.78. The van der Waals surface area contributed by atoms with E-state index in [1.807, 2.05) is 92.7 Å². The summed E-state index contributed by atoms with van der Waals surface area (Å²) in [6.45, 7) is 25.1. The molecule has 0 bridgehead atoms. The number of aryl methyl sites for hydroxylation is 2. The normalized spacial score (nSPS) is 14.3. The number of carbonyl (C=O) groups is 4. The lowest BCUT2D eigenvalue weighted by atomic mass is 10.2. The van der Waals surface area contributed by atoms with Crippen LogP contribution < -0.4 is 65.5 Å². The molecule has 49 heteroatoms. The number of rotatable bonds is 44. The van der Waals surface area contributed by atoms with Crippen LogP contribution in [0.4, 0.5) is 29.5 Å². The minimum Gasteiger partial charge on any atom is -0.369 e. The Bertz CT molecular complexity index is 6130. The Morgan fingerprint density at radius 3 is 0.836 bits per heavy atom. The van der Waals surface area contributed by atoms with Crippen molar-refractivity contribution in [1.82, 2.24) is 98.4 Å². The fourth-order valence-electron chi connectivity index (χ4n) is 11.2. The number of ether oxygens (including phenoxy) is 4. The highest BCUT2D eigenvalue weighted by molar-refractivity contribution is 7.57. The van der Waals surface area contributed by atoms with Crippen LogP contribution in [0.3, 0.4) is 0 Å². The van der Waals surface area contributed by atoms with E-state index in [0.717, 1.165) is 33.4 Å². The number of carbonyl (C=O) groups excluding carboxylic acids is 4. The van der Waals surface area contributed by atoms with E-state index < -0.39 is 76.5 Å². The zero-order chi connectivity index (χ0) is 93.0. The molecule has 0 aliphatic rings. The number of aromatic amines is 4. The van der Waals surface area contributed by atoms with Crippen molar-refractivity contribution < 1.29 is 74.5 Å². The summed E-state index contributed by atoms with van der Waals surface area (Å²) in [7, 11) is -14.0. The number of imidazole rings is 4. The molecule has 8 atom stereocenters. The van der Waals surface area contributed by atoms with E-state index in [4.69, 9.17) is 66.5 Å². The highest BCUT2D eigenvalue weighted by atomic mass is 31.2. The highest BCUT2D eigenvalue weighted by Crippen LogP contribution is 2.47. The summed E-state index contributed by atoms with van der Waals surface area (Å²) in [5, 5.41) is 11.1. The molecule has 0 amide bonds. The van der Waals surface area contributed by atoms with Gasteiger partial charge in [0.05, 0.1) is 109 Å². The second-order valence-corrected chi connectivity index (χ2v) is 37.7. The molecule has 0 radical (unpaired) electrons. The van der Waals surface area contributed by atoms with Gasteiger partial charge in [-0.25, -0.2) is 45.1 Å². The number of hydrogen-bond donors (Lipinski definition) is 12. The standard InChI is InChI=1S/C20H24N7O5P.2C20H27N6O5P.C19H25N6O5P/c1-13(14(2)28)26-33(30,32-10-15-4-6-16(22-3)7-5-15)12-31-9-8-27-11-23-17-18(27)24-20(21)25-19(17)29;2*1-13-4-6-16(7-5-13)10-31-32(29,25-14(2)15(3)27)12-30-9-8-26-11-22-17-18(26)23-20(21)24-19(17)28;1-13(14(2)26)24-31(28,30-10-15-6-4-3-5-7-15)12-29-9-8-25-11-21-16-17(25)22-19(20)23-18(16)27/h4-7,11,13H,8-10,12H2,1-2H3,(H,26,30)(H3,21,24,25,29);2*4-7,11,14H,8-10,12H2,1-3H3,(H,25,29)(H3,21,23,24,28);3-7,11,13H,8-10,12H2,1-2H3,(H,24,28)(H3,20,22,23,27)/t13-,33?;2*14-,32?;13-,31?/m0001/s1. The van der Waals surface area contributed by atoms with Crippen molar-refractivity contribution in [3.8, 4) is 0 Å². The Morgan fingerprint density at radius 1 is 0.383 bits per heavy atom. The van der Waals surface area contributed by atoms with Crippen LogP contribution in [0, 0.1) is 20.4 Å². The number of fused-ring (bicyclic) bond motifs is 4. The number of aromatic nitrogens is 16. The molecule has 4 unspecified atom stereocenters. The molecule has 12 aromatic rings. The van der Waals surface area contributed by atoms with Gasteiger partial charge in [0.25, 0.3) is 52.3 Å². The summed E-state index contributed by atoms with van der Waals surface area (Å²) in [5.41, 5.74) is 28.6. The smallest absolute Gasteiger partial charge is 0.295 e. The quantitative estimate of drug-likeness (QED) is 0.00984. The van der Waals surface area contributed by atoms with Crippen LogP contribution in [-0.2, 0) is 127 Å². The number of nitrogens with one attached hydrogen (secondary N) is 8. The second kappa shape index (κ2) is 46.7. The zero-order valence-corrected chi connectivity index (χ0v) is 75.4. The van der Waals surface area contributed by atoms with Crippen LogP contribution in [-0.4, -0.2) is 177 Å². The molecular formula is C79H103N25O20P4. The minimum absolute atomic E-state index is 0.00861. The van der Waals surface area contributed by atoms with Crippen molar-refractivity contribution in [2.45, 2.75) is 146 Å². The number of nitrogen functional groups attached to an aromatic ring is 4. The molecule has 0 saturated carbocycles. The van der Waals surface area contributed by atoms with Crippen molar-refractivity contribution in [2.75, 3.05) is 74.8 Å². The third-order valence-corrected chi connectivity index (χ3v) is 26.2. The largest absolute Gasteiger partial charge is 0.369 e. The number of Topliss-reactive ketones (excluding diaryl/α,β-unsaturated/α-hetero) is 4. The van der Waals surface area contributed by atoms with Gasteiger partial charge in [-0.05, 0) is 91.5 Å². The fourth-order valence-corrected chi connectivity index (χ4v) is 18.1. The van der Waals surface area contributed by atoms with Gasteiger partial charge < -0.3 is 78.2 Å². The topological polar surface area (TPSA) is 621 Å². The van der Waals surface area contributed by atoms with Gasteiger partial charge in [-0.2, -0.15) is 19.9 Å². The summed E-state index contributed by atoms with van der Waals surface area (Å²) in [5.74, 6) is -0.753. The molecule has 0 aliphatic carbocycles. The van der Waals surface area contributed by atoms with E-state index in [1.54, 1.807) is 70.2 Å². The Balaban J connectivity index is 0.000000193. The lowest BCUT2D eigenvalue weighted by molar-refractivity contribution is -0.119. The van der Waals surface area contributed by atoms with Crippen LogP contribution in [0.2, 0.25) is 0 Å². The van der Waals surface area contributed by atoms with E-state index in [-0.39, 0.29) is 154 Å². The lowest BCUT2D eigenvalue weighted by Crippen LogP contribution is -2.32. The first-order chi connectivity index (χ1) is 60.8. The average Bonchev–Trinajstić information content (AvgIpc) is 1.67. The van der Waals surface area contributed by atoms with Gasteiger partial charge in [-0.1, -0.05) is 114 Å². The Kier molecular flexibility index (Phi) is 36.4. The van der Waals surface area contributed by atoms with Crippen LogP contribution in [0.15, 0.2) is 148 Å². The van der Waals surface area contributed by atoms with Gasteiger partial charge in [0, 0.05) is 26.2 Å². The van der Waals surface area contributed by atoms with E-state index >= 15 is 0 Å². The number of H-pyrrole nitrogens is 4. The Labute approximate surface area is 732 Å². The van der Waals surface area contributed by atoms with Gasteiger partial charge in [-0.15, -0.1) is 0 Å². The van der Waals surface area contributed by atoms with Crippen molar-refractivity contribution in [1.29, 1.82) is 0 Å². The average molecular weight is 1850 g/mol. The van der Waals surface area contributed by atoms with Gasteiger partial charge in [0.15, 0.2) is 50.3 Å². The van der Waals surface area contributed by atoms with Crippen LogP contribution >= 0.6 is 30.1 Å². The van der Waals surface area contributed by atoms with Gasteiger partial charge in [0.1, 0.15) is 48.5 Å². The van der Waals surface area contributed by atoms with Crippen LogP contribution in [0.5, 0.6) is 0 Å². The highest BCUT2D eigenvalue weighted by Gasteiger charge is 2.33. The number of ketones is 4. The van der Waals surface area contributed by atoms with E-state index in [0.29, 0.717) is 47.9 Å². The maximum absolute atomic E-state index is 13.3. The van der Waals surface area contributed by atoms with E-state index in [2.05, 4.69) is 85.0 Å². The van der Waals surface area contributed by atoms with Crippen LogP contribution in [0.25, 0.3) is 49.5 Å². The molecule has 12 rings (SSSR count). The van der Waals surface area contributed by atoms with Crippen molar-refractivity contribution >= 4 is 127 Å². The first-order valence-electron chi connectivity index (χ1n) is 39.6. The fraction of sp³-hybridized carbons (Fsp3) is 0.380. The molecular weight excluding hydrogens is 1740 g/mol. The predicted molar refractivity (Wildman–Crippen MR) is 478 cm³/mol. The van der Waals surface area contributed by atoms with E-state index in [9.17, 15) is 56.6 Å². The number of benzene rings is 4. The van der Waals surface area contributed by atoms with Crippen molar-refractivity contribution in [2.24, 2.45) is 0 Å². The van der Waals surface area contributed by atoms with Gasteiger partial charge >= 0.3 is 0 Å². The molecule has 0 fully saturated rings. The van der Waals surface area contributed by atoms with Crippen molar-refractivity contribution in [3.05, 3.63) is 215 Å². The first kappa shape index (κ1) is 99.9. The lowest BCUT2D eigenvalue weighted by Gasteiger charge is -2.22. The molecule has 0 saturated heterocycles. The maximum Gasteiger partial charge on any atom is 0.295 e. The Hall–Kier alpha value is -11.9. The monoisotopic (exact) mass is 1850 g/mol. The SMILES string of the molecule is CC(=O)[C@@H](C)NP(=O)(COCCn1cnc2c(=O)[nH]c(N)nc21)OCc1ccccc1.CC(=O)[C@H](C)NP(=O)(COCCn1cnc2c(=O)[nH]c(N)nc21)OCc1ccc(C)cc1.CC(=O)[C@H](C)NP(=O)(COCCn1cnc2c(=O)[nH]c(N)nc21)OCc1ccc(C)cc1.[C-]#[N+]c1ccc(COP(=O)(COCCn2cnc3c(=O)[nH]c(N)nc32)N[C@@H](C)C(C)=O)cc1. The molecule has 0 spiro atoms. The summed E-state index contributed by atoms with van der Waals surface area (Å²) in [4.78, 5) is 139. The summed E-state index contributed by atoms with van der Waals surface area (Å²) in [6, 6.07) is 28.6. The van der Waals surface area contributed by atoms with Gasteiger partial charge in [0.2, 0.25) is 23.8 Å². The minimum atomic E-state index is -3.55.